The molecule has 2 aromatic heterocycles. The van der Waals surface area contributed by atoms with Crippen molar-refractivity contribution in [1.29, 1.82) is 0 Å². The molecule has 1 atom stereocenters. The number of ether oxygens (including phenoxy) is 2. The number of anilines is 1. The summed E-state index contributed by atoms with van der Waals surface area (Å²) in [7, 11) is 1.61. The summed E-state index contributed by atoms with van der Waals surface area (Å²) >= 11 is 1.66. The number of hydrogen-bond acceptors (Lipinski definition) is 8. The van der Waals surface area contributed by atoms with E-state index in [1.807, 2.05) is 0 Å². The van der Waals surface area contributed by atoms with Crippen LogP contribution in [0, 0.1) is 0 Å². The molecule has 2 aliphatic rings. The molecule has 26 heavy (non-hydrogen) atoms. The molecule has 0 saturated carbocycles. The molecule has 1 amide bonds. The maximum Gasteiger partial charge on any atom is 0.221 e. The lowest BCUT2D eigenvalue weighted by Gasteiger charge is -2.26. The van der Waals surface area contributed by atoms with Gasteiger partial charge in [-0.25, -0.2) is 15.0 Å². The first kappa shape index (κ1) is 17.3. The number of thiazole rings is 1. The summed E-state index contributed by atoms with van der Waals surface area (Å²) in [6, 6.07) is 0. The molecule has 9 heteroatoms. The molecule has 0 aliphatic carbocycles. The largest absolute Gasteiger partial charge is 0.378 e. The van der Waals surface area contributed by atoms with Crippen LogP contribution in [-0.2, 0) is 27.4 Å². The van der Waals surface area contributed by atoms with E-state index in [0.717, 1.165) is 47.6 Å². The standard InChI is InChI=1S/C17H21N5O3S/c1-24-10-14-18-7-11(8-19-14)12-6-15(23)20-9-13-16(12)26-17(21-13)22-2-4-25-5-3-22/h7-8,12H,2-6,9-10H2,1H3,(H,20,23)/t12-/m1/s1. The van der Waals surface area contributed by atoms with Crippen LogP contribution < -0.4 is 10.2 Å². The number of morpholine rings is 1. The number of fused-ring (bicyclic) bond motifs is 1. The Bertz CT molecular complexity index is 773. The first-order valence-electron chi connectivity index (χ1n) is 8.63. The molecule has 0 radical (unpaired) electrons. The Labute approximate surface area is 155 Å². The van der Waals surface area contributed by atoms with Gasteiger partial charge >= 0.3 is 0 Å². The summed E-state index contributed by atoms with van der Waals surface area (Å²) in [6.07, 6.45) is 3.97. The molecule has 0 unspecified atom stereocenters. The highest BCUT2D eigenvalue weighted by Crippen LogP contribution is 2.39. The van der Waals surface area contributed by atoms with Gasteiger partial charge in [-0.2, -0.15) is 0 Å². The molecule has 1 saturated heterocycles. The molecule has 2 aliphatic heterocycles. The molecule has 0 aromatic carbocycles. The minimum atomic E-state index is -0.0728. The number of nitrogens with one attached hydrogen (secondary N) is 1. The van der Waals surface area contributed by atoms with Crippen LogP contribution in [0.2, 0.25) is 0 Å². The molecule has 2 aromatic rings. The lowest BCUT2D eigenvalue weighted by atomic mass is 9.96. The van der Waals surface area contributed by atoms with E-state index in [0.29, 0.717) is 25.4 Å². The maximum atomic E-state index is 12.2. The van der Waals surface area contributed by atoms with Crippen molar-refractivity contribution in [2.24, 2.45) is 0 Å². The van der Waals surface area contributed by atoms with E-state index >= 15 is 0 Å². The smallest absolute Gasteiger partial charge is 0.221 e. The minimum Gasteiger partial charge on any atom is -0.378 e. The van der Waals surface area contributed by atoms with Crippen LogP contribution in [0.5, 0.6) is 0 Å². The number of amides is 1. The van der Waals surface area contributed by atoms with Crippen LogP contribution in [0.3, 0.4) is 0 Å². The average Bonchev–Trinajstić information content (AvgIpc) is 3.04. The number of aromatic nitrogens is 3. The Hall–Kier alpha value is -2.10. The first-order chi connectivity index (χ1) is 12.7. The van der Waals surface area contributed by atoms with E-state index in [-0.39, 0.29) is 11.8 Å². The Kier molecular flexibility index (Phi) is 5.09. The second-order valence-corrected chi connectivity index (χ2v) is 7.31. The van der Waals surface area contributed by atoms with Crippen LogP contribution in [0.25, 0.3) is 0 Å². The summed E-state index contributed by atoms with van der Waals surface area (Å²) in [5.41, 5.74) is 1.87. The van der Waals surface area contributed by atoms with Crippen molar-refractivity contribution < 1.29 is 14.3 Å². The lowest BCUT2D eigenvalue weighted by Crippen LogP contribution is -2.36. The van der Waals surface area contributed by atoms with Crippen molar-refractivity contribution >= 4 is 22.4 Å². The summed E-state index contributed by atoms with van der Waals surface area (Å²) in [4.78, 5) is 29.1. The van der Waals surface area contributed by atoms with Crippen molar-refractivity contribution in [3.05, 3.63) is 34.4 Å². The number of carbonyl (C=O) groups excluding carboxylic acids is 1. The first-order valence-corrected chi connectivity index (χ1v) is 9.45. The molecule has 1 fully saturated rings. The molecule has 4 rings (SSSR count). The molecule has 0 spiro atoms. The highest BCUT2D eigenvalue weighted by Gasteiger charge is 2.30. The van der Waals surface area contributed by atoms with Crippen molar-refractivity contribution in [3.8, 4) is 0 Å². The Morgan fingerprint density at radius 2 is 2.12 bits per heavy atom. The van der Waals surface area contributed by atoms with Gasteiger partial charge in [-0.3, -0.25) is 4.79 Å². The second-order valence-electron chi connectivity index (χ2n) is 6.31. The Morgan fingerprint density at radius 1 is 1.35 bits per heavy atom. The predicted molar refractivity (Wildman–Crippen MR) is 96.2 cm³/mol. The van der Waals surface area contributed by atoms with Gasteiger partial charge in [0.2, 0.25) is 5.91 Å². The average molecular weight is 375 g/mol. The van der Waals surface area contributed by atoms with E-state index in [2.05, 4.69) is 20.2 Å². The van der Waals surface area contributed by atoms with Crippen LogP contribution in [0.4, 0.5) is 5.13 Å². The van der Waals surface area contributed by atoms with Crippen molar-refractivity contribution in [1.82, 2.24) is 20.3 Å². The number of rotatable bonds is 4. The zero-order valence-corrected chi connectivity index (χ0v) is 15.4. The highest BCUT2D eigenvalue weighted by atomic mass is 32.1. The van der Waals surface area contributed by atoms with Crippen LogP contribution in [0.15, 0.2) is 12.4 Å². The van der Waals surface area contributed by atoms with Crippen molar-refractivity contribution in [3.63, 3.8) is 0 Å². The van der Waals surface area contributed by atoms with Crippen LogP contribution in [-0.4, -0.2) is 54.3 Å². The minimum absolute atomic E-state index is 0.0223. The monoisotopic (exact) mass is 375 g/mol. The van der Waals surface area contributed by atoms with Gasteiger partial charge in [0, 0.05) is 49.8 Å². The maximum absolute atomic E-state index is 12.2. The summed E-state index contributed by atoms with van der Waals surface area (Å²) in [5.74, 6) is 0.582. The fourth-order valence-corrected chi connectivity index (χ4v) is 4.45. The number of carbonyl (C=O) groups is 1. The van der Waals surface area contributed by atoms with E-state index < -0.39 is 0 Å². The zero-order valence-electron chi connectivity index (χ0n) is 14.6. The van der Waals surface area contributed by atoms with Crippen molar-refractivity contribution in [2.45, 2.75) is 25.5 Å². The molecule has 0 bridgehead atoms. The van der Waals surface area contributed by atoms with Gasteiger partial charge < -0.3 is 19.7 Å². The van der Waals surface area contributed by atoms with E-state index in [1.54, 1.807) is 30.8 Å². The van der Waals surface area contributed by atoms with Gasteiger partial charge in [0.1, 0.15) is 6.61 Å². The van der Waals surface area contributed by atoms with E-state index in [9.17, 15) is 4.79 Å². The molecular weight excluding hydrogens is 354 g/mol. The second kappa shape index (κ2) is 7.65. The third kappa shape index (κ3) is 3.55. The van der Waals surface area contributed by atoms with E-state index in [1.165, 1.54) is 0 Å². The summed E-state index contributed by atoms with van der Waals surface area (Å²) in [5, 5.41) is 3.95. The van der Waals surface area contributed by atoms with Gasteiger partial charge in [-0.1, -0.05) is 0 Å². The van der Waals surface area contributed by atoms with Crippen LogP contribution in [0.1, 0.15) is 34.3 Å². The molecular formula is C17H21N5O3S. The Morgan fingerprint density at radius 3 is 2.85 bits per heavy atom. The molecule has 8 nitrogen and oxygen atoms in total. The Balaban J connectivity index is 1.65. The summed E-state index contributed by atoms with van der Waals surface area (Å²) in [6.45, 7) is 3.97. The fourth-order valence-electron chi connectivity index (χ4n) is 3.19. The van der Waals surface area contributed by atoms with Gasteiger partial charge in [0.15, 0.2) is 11.0 Å². The van der Waals surface area contributed by atoms with Gasteiger partial charge in [0.25, 0.3) is 0 Å². The number of methoxy groups -OCH3 is 1. The third-order valence-electron chi connectivity index (χ3n) is 4.56. The quantitative estimate of drug-likeness (QED) is 0.855. The SMILES string of the molecule is COCc1ncc([C@H]2CC(=O)NCc3nc(N4CCOCC4)sc32)cn1. The molecule has 1 N–H and O–H groups in total. The fraction of sp³-hybridized carbons (Fsp3) is 0.529. The molecule has 4 heterocycles. The van der Waals surface area contributed by atoms with E-state index in [4.69, 9.17) is 14.5 Å². The van der Waals surface area contributed by atoms with Gasteiger partial charge in [-0.05, 0) is 5.56 Å². The normalized spacial score (nSPS) is 20.4. The number of nitrogens with zero attached hydrogens (tertiary/aromatic N) is 4. The third-order valence-corrected chi connectivity index (χ3v) is 5.83. The predicted octanol–water partition coefficient (Wildman–Crippen LogP) is 1.07. The lowest BCUT2D eigenvalue weighted by molar-refractivity contribution is -0.121. The highest BCUT2D eigenvalue weighted by molar-refractivity contribution is 7.15. The van der Waals surface area contributed by atoms with Gasteiger partial charge in [0.05, 0.1) is 25.5 Å². The zero-order chi connectivity index (χ0) is 17.9. The van der Waals surface area contributed by atoms with Crippen molar-refractivity contribution in [2.75, 3.05) is 38.3 Å². The topological polar surface area (TPSA) is 89.5 Å². The van der Waals surface area contributed by atoms with Gasteiger partial charge in [-0.15, -0.1) is 11.3 Å². The molecule has 138 valence electrons. The number of hydrogen-bond donors (Lipinski definition) is 1. The van der Waals surface area contributed by atoms with Crippen LogP contribution >= 0.6 is 11.3 Å². The summed E-state index contributed by atoms with van der Waals surface area (Å²) < 4.78 is 10.5.